The van der Waals surface area contributed by atoms with Crippen molar-refractivity contribution in [1.82, 2.24) is 0 Å². The Morgan fingerprint density at radius 1 is 0.788 bits per heavy atom. The highest BCUT2D eigenvalue weighted by Gasteiger charge is 2.28. The molecule has 8 nitrogen and oxygen atoms in total. The molecule has 3 aromatic carbocycles. The van der Waals surface area contributed by atoms with Crippen molar-refractivity contribution in [2.24, 2.45) is 0 Å². The minimum Gasteiger partial charge on any atom is -0.506 e. The molecule has 0 saturated carbocycles. The van der Waals surface area contributed by atoms with Crippen molar-refractivity contribution in [3.05, 3.63) is 71.3 Å². The molecule has 0 heterocycles. The van der Waals surface area contributed by atoms with E-state index in [-0.39, 0.29) is 28.3 Å². The standard InChI is InChI=1S/C21H20F2N2O6S2/c1-12-14(22)6-4-8-16(12)24-32(27,28)20-11-21(19(31-3)10-18(20)26)33(29,30)25-17-9-5-7-15(23)13(17)2/h4-11,24-26H,1-3H3. The number of hydrogen-bond acceptors (Lipinski definition) is 6. The number of phenols is 1. The van der Waals surface area contributed by atoms with Crippen LogP contribution in [0.4, 0.5) is 20.2 Å². The molecule has 0 bridgehead atoms. The zero-order chi connectivity index (χ0) is 24.6. The summed E-state index contributed by atoms with van der Waals surface area (Å²) in [4.78, 5) is -1.41. The summed E-state index contributed by atoms with van der Waals surface area (Å²) in [6, 6.07) is 9.03. The number of halogens is 2. The van der Waals surface area contributed by atoms with Gasteiger partial charge < -0.3 is 9.84 Å². The number of nitrogens with one attached hydrogen (secondary N) is 2. The van der Waals surface area contributed by atoms with E-state index in [2.05, 4.69) is 9.44 Å². The monoisotopic (exact) mass is 498 g/mol. The summed E-state index contributed by atoms with van der Waals surface area (Å²) in [6.07, 6.45) is 0. The van der Waals surface area contributed by atoms with Crippen LogP contribution in [0.25, 0.3) is 0 Å². The second-order valence-electron chi connectivity index (χ2n) is 7.01. The molecular weight excluding hydrogens is 478 g/mol. The molecule has 176 valence electrons. The maximum atomic E-state index is 13.8. The number of sulfonamides is 2. The molecule has 0 spiro atoms. The third kappa shape index (κ3) is 4.86. The molecule has 0 aliphatic heterocycles. The molecule has 3 rings (SSSR count). The zero-order valence-electron chi connectivity index (χ0n) is 17.7. The Morgan fingerprint density at radius 3 is 1.70 bits per heavy atom. The summed E-state index contributed by atoms with van der Waals surface area (Å²) in [6.45, 7) is 2.71. The van der Waals surface area contributed by atoms with Crippen molar-refractivity contribution in [3.8, 4) is 11.5 Å². The fourth-order valence-electron chi connectivity index (χ4n) is 2.95. The van der Waals surface area contributed by atoms with Crippen LogP contribution in [-0.4, -0.2) is 29.1 Å². The molecule has 0 radical (unpaired) electrons. The van der Waals surface area contributed by atoms with Gasteiger partial charge in [-0.3, -0.25) is 9.44 Å². The summed E-state index contributed by atoms with van der Waals surface area (Å²) in [5, 5.41) is 10.3. The molecule has 0 aliphatic carbocycles. The minimum absolute atomic E-state index is 0.00478. The van der Waals surface area contributed by atoms with Crippen molar-refractivity contribution >= 4 is 31.4 Å². The van der Waals surface area contributed by atoms with Crippen LogP contribution in [0, 0.1) is 25.5 Å². The van der Waals surface area contributed by atoms with E-state index in [1.54, 1.807) is 0 Å². The van der Waals surface area contributed by atoms with Gasteiger partial charge in [-0.2, -0.15) is 0 Å². The lowest BCUT2D eigenvalue weighted by molar-refractivity contribution is 0.393. The van der Waals surface area contributed by atoms with Crippen LogP contribution >= 0.6 is 0 Å². The fraction of sp³-hybridized carbons (Fsp3) is 0.143. The van der Waals surface area contributed by atoms with Crippen LogP contribution in [0.5, 0.6) is 11.5 Å². The maximum Gasteiger partial charge on any atom is 0.265 e. The minimum atomic E-state index is -4.55. The first-order valence-electron chi connectivity index (χ1n) is 9.34. The smallest absolute Gasteiger partial charge is 0.265 e. The number of hydrogen-bond donors (Lipinski definition) is 3. The molecular formula is C21H20F2N2O6S2. The average molecular weight is 499 g/mol. The number of benzene rings is 3. The first kappa shape index (κ1) is 24.3. The molecule has 12 heteroatoms. The molecule has 33 heavy (non-hydrogen) atoms. The molecule has 0 amide bonds. The number of ether oxygens (including phenoxy) is 1. The Kier molecular flexibility index (Phi) is 6.52. The third-order valence-corrected chi connectivity index (χ3v) is 7.63. The number of rotatable bonds is 7. The lowest BCUT2D eigenvalue weighted by Gasteiger charge is -2.17. The van der Waals surface area contributed by atoms with E-state index < -0.39 is 47.2 Å². The van der Waals surface area contributed by atoms with Crippen molar-refractivity contribution in [2.75, 3.05) is 16.6 Å². The van der Waals surface area contributed by atoms with Crippen LogP contribution in [0.1, 0.15) is 11.1 Å². The van der Waals surface area contributed by atoms with Gasteiger partial charge in [0.15, 0.2) is 0 Å². The topological polar surface area (TPSA) is 122 Å². The highest BCUT2D eigenvalue weighted by molar-refractivity contribution is 7.93. The second-order valence-corrected chi connectivity index (χ2v) is 10.3. The van der Waals surface area contributed by atoms with Crippen molar-refractivity contribution in [1.29, 1.82) is 0 Å². The van der Waals surface area contributed by atoms with Crippen LogP contribution in [0.2, 0.25) is 0 Å². The van der Waals surface area contributed by atoms with Gasteiger partial charge in [0, 0.05) is 17.2 Å². The van der Waals surface area contributed by atoms with Crippen LogP contribution < -0.4 is 14.2 Å². The Morgan fingerprint density at radius 2 is 1.24 bits per heavy atom. The number of phenolic OH excluding ortho intramolecular Hbond substituents is 1. The fourth-order valence-corrected chi connectivity index (χ4v) is 5.55. The lowest BCUT2D eigenvalue weighted by atomic mass is 10.2. The van der Waals surface area contributed by atoms with Crippen LogP contribution in [0.15, 0.2) is 58.3 Å². The van der Waals surface area contributed by atoms with Gasteiger partial charge in [0.25, 0.3) is 20.0 Å². The van der Waals surface area contributed by atoms with E-state index in [1.807, 2.05) is 0 Å². The Bertz CT molecular complexity index is 1440. The molecule has 3 N–H and O–H groups in total. The SMILES string of the molecule is COc1cc(O)c(S(=O)(=O)Nc2cccc(F)c2C)cc1S(=O)(=O)Nc1cccc(F)c1C. The van der Waals surface area contributed by atoms with Gasteiger partial charge in [-0.15, -0.1) is 0 Å². The van der Waals surface area contributed by atoms with Gasteiger partial charge in [-0.1, -0.05) is 12.1 Å². The number of methoxy groups -OCH3 is 1. The van der Waals surface area contributed by atoms with Gasteiger partial charge in [0.2, 0.25) is 0 Å². The van der Waals surface area contributed by atoms with E-state index >= 15 is 0 Å². The summed E-state index contributed by atoms with van der Waals surface area (Å²) < 4.78 is 88.9. The quantitative estimate of drug-likeness (QED) is 0.454. The summed E-state index contributed by atoms with van der Waals surface area (Å²) in [7, 11) is -7.91. The lowest BCUT2D eigenvalue weighted by Crippen LogP contribution is -2.18. The Hall–Kier alpha value is -3.38. The molecule has 0 fully saturated rings. The maximum absolute atomic E-state index is 13.8. The van der Waals surface area contributed by atoms with Gasteiger partial charge >= 0.3 is 0 Å². The molecule has 0 saturated heterocycles. The molecule has 0 aliphatic rings. The summed E-state index contributed by atoms with van der Waals surface area (Å²) in [5.41, 5.74) is -0.133. The molecule has 0 unspecified atom stereocenters. The van der Waals surface area contributed by atoms with Crippen molar-refractivity contribution in [3.63, 3.8) is 0 Å². The molecule has 0 aromatic heterocycles. The van der Waals surface area contributed by atoms with E-state index in [4.69, 9.17) is 4.74 Å². The first-order chi connectivity index (χ1) is 15.4. The summed E-state index contributed by atoms with van der Waals surface area (Å²) in [5.74, 6) is -2.46. The third-order valence-electron chi connectivity index (χ3n) is 4.85. The first-order valence-corrected chi connectivity index (χ1v) is 12.3. The van der Waals surface area contributed by atoms with E-state index in [0.717, 1.165) is 25.3 Å². The van der Waals surface area contributed by atoms with E-state index in [1.165, 1.54) is 38.1 Å². The van der Waals surface area contributed by atoms with Gasteiger partial charge in [0.05, 0.1) is 18.5 Å². The largest absolute Gasteiger partial charge is 0.506 e. The van der Waals surface area contributed by atoms with Gasteiger partial charge in [0.1, 0.15) is 32.9 Å². The Labute approximate surface area is 190 Å². The zero-order valence-corrected chi connectivity index (χ0v) is 19.3. The number of anilines is 2. The van der Waals surface area contributed by atoms with Gasteiger partial charge in [-0.05, 0) is 44.2 Å². The van der Waals surface area contributed by atoms with E-state index in [9.17, 15) is 30.7 Å². The molecule has 0 atom stereocenters. The predicted octanol–water partition coefficient (Wildman–Crippen LogP) is 3.90. The summed E-state index contributed by atoms with van der Waals surface area (Å²) >= 11 is 0. The number of aromatic hydroxyl groups is 1. The van der Waals surface area contributed by atoms with Crippen LogP contribution in [-0.2, 0) is 20.0 Å². The van der Waals surface area contributed by atoms with E-state index in [0.29, 0.717) is 6.07 Å². The highest BCUT2D eigenvalue weighted by Crippen LogP contribution is 2.36. The normalized spacial score (nSPS) is 11.8. The van der Waals surface area contributed by atoms with Gasteiger partial charge in [-0.25, -0.2) is 25.6 Å². The highest BCUT2D eigenvalue weighted by atomic mass is 32.2. The second kappa shape index (κ2) is 8.87. The predicted molar refractivity (Wildman–Crippen MR) is 119 cm³/mol. The molecule has 3 aromatic rings. The average Bonchev–Trinajstić information content (AvgIpc) is 2.73. The Balaban J connectivity index is 2.11. The van der Waals surface area contributed by atoms with Crippen molar-refractivity contribution < 1.29 is 35.5 Å². The van der Waals surface area contributed by atoms with Crippen molar-refractivity contribution in [2.45, 2.75) is 23.6 Å². The van der Waals surface area contributed by atoms with Crippen LogP contribution in [0.3, 0.4) is 0 Å².